The first-order chi connectivity index (χ1) is 11.9. The second-order valence-electron chi connectivity index (χ2n) is 6.31. The number of nitrogens with one attached hydrogen (secondary N) is 5. The largest absolute Gasteiger partial charge is 0.330 e. The molecular formula is C18H44N6. The molecule has 0 amide bonds. The standard InChI is InChI=1S/C18H44N6/c1-2-9-20-11-4-13-22-15-6-17-24-18-7-16-23-14-5-12-21-10-3-8-19/h20-24H,2-19H2,1H3. The van der Waals surface area contributed by atoms with Crippen LogP contribution in [0.1, 0.15) is 45.4 Å². The average molecular weight is 345 g/mol. The molecule has 0 radical (unpaired) electrons. The fraction of sp³-hybridized carbons (Fsp3) is 1.00. The van der Waals surface area contributed by atoms with Crippen molar-refractivity contribution in [2.45, 2.75) is 45.4 Å². The third kappa shape index (κ3) is 21.8. The number of hydrogen-bond donors (Lipinski definition) is 6. The normalized spacial score (nSPS) is 11.2. The summed E-state index contributed by atoms with van der Waals surface area (Å²) in [6, 6.07) is 0. The van der Waals surface area contributed by atoms with Crippen molar-refractivity contribution in [1.29, 1.82) is 0 Å². The molecular weight excluding hydrogens is 300 g/mol. The van der Waals surface area contributed by atoms with Crippen molar-refractivity contribution in [2.24, 2.45) is 5.73 Å². The fourth-order valence-corrected chi connectivity index (χ4v) is 2.38. The van der Waals surface area contributed by atoms with E-state index in [0.717, 1.165) is 78.4 Å². The third-order valence-corrected chi connectivity index (χ3v) is 3.81. The molecule has 0 spiro atoms. The van der Waals surface area contributed by atoms with Gasteiger partial charge in [0.1, 0.15) is 0 Å². The Morgan fingerprint density at radius 2 is 0.750 bits per heavy atom. The lowest BCUT2D eigenvalue weighted by Crippen LogP contribution is -2.27. The Morgan fingerprint density at radius 1 is 0.458 bits per heavy atom. The monoisotopic (exact) mass is 344 g/mol. The third-order valence-electron chi connectivity index (χ3n) is 3.81. The maximum absolute atomic E-state index is 5.45. The van der Waals surface area contributed by atoms with Crippen molar-refractivity contribution in [3.8, 4) is 0 Å². The first-order valence-electron chi connectivity index (χ1n) is 10.2. The van der Waals surface area contributed by atoms with Gasteiger partial charge in [-0.3, -0.25) is 0 Å². The predicted octanol–water partition coefficient (Wildman–Crippen LogP) is 0.254. The van der Waals surface area contributed by atoms with Gasteiger partial charge in [-0.1, -0.05) is 6.92 Å². The Bertz CT molecular complexity index is 194. The molecule has 0 saturated heterocycles. The van der Waals surface area contributed by atoms with Gasteiger partial charge in [0.05, 0.1) is 0 Å². The zero-order chi connectivity index (χ0) is 17.6. The lowest BCUT2D eigenvalue weighted by atomic mass is 10.3. The van der Waals surface area contributed by atoms with Gasteiger partial charge in [0.25, 0.3) is 0 Å². The fourth-order valence-electron chi connectivity index (χ4n) is 2.38. The molecule has 0 aliphatic carbocycles. The Balaban J connectivity index is 2.93. The number of rotatable bonds is 21. The summed E-state index contributed by atoms with van der Waals surface area (Å²) < 4.78 is 0. The minimum atomic E-state index is 0.783. The first-order valence-corrected chi connectivity index (χ1v) is 10.2. The van der Waals surface area contributed by atoms with E-state index in [1.165, 1.54) is 32.1 Å². The van der Waals surface area contributed by atoms with E-state index >= 15 is 0 Å². The number of nitrogens with two attached hydrogens (primary N) is 1. The van der Waals surface area contributed by atoms with Crippen molar-refractivity contribution in [2.75, 3.05) is 72.0 Å². The maximum atomic E-state index is 5.45. The lowest BCUT2D eigenvalue weighted by Gasteiger charge is -2.08. The summed E-state index contributed by atoms with van der Waals surface area (Å²) in [5.74, 6) is 0. The molecule has 0 aromatic rings. The quantitative estimate of drug-likeness (QED) is 0.168. The molecule has 24 heavy (non-hydrogen) atoms. The average Bonchev–Trinajstić information content (AvgIpc) is 2.60. The molecule has 0 unspecified atom stereocenters. The van der Waals surface area contributed by atoms with Gasteiger partial charge in [-0.25, -0.2) is 0 Å². The molecule has 7 N–H and O–H groups in total. The van der Waals surface area contributed by atoms with Crippen molar-refractivity contribution >= 4 is 0 Å². The van der Waals surface area contributed by atoms with Gasteiger partial charge in [-0.05, 0) is 111 Å². The van der Waals surface area contributed by atoms with Gasteiger partial charge in [0, 0.05) is 0 Å². The van der Waals surface area contributed by atoms with Crippen LogP contribution in [0.2, 0.25) is 0 Å². The predicted molar refractivity (Wildman–Crippen MR) is 107 cm³/mol. The molecule has 0 heterocycles. The van der Waals surface area contributed by atoms with E-state index in [-0.39, 0.29) is 0 Å². The molecule has 6 nitrogen and oxygen atoms in total. The SMILES string of the molecule is CCCNCCCNCCCNCCCNCCCNCCCN. The van der Waals surface area contributed by atoms with E-state index < -0.39 is 0 Å². The van der Waals surface area contributed by atoms with Crippen LogP contribution in [0.5, 0.6) is 0 Å². The van der Waals surface area contributed by atoms with Crippen molar-refractivity contribution in [3.63, 3.8) is 0 Å². The van der Waals surface area contributed by atoms with Crippen LogP contribution >= 0.6 is 0 Å². The van der Waals surface area contributed by atoms with Crippen LogP contribution in [0.3, 0.4) is 0 Å². The van der Waals surface area contributed by atoms with Crippen LogP contribution in [0, 0.1) is 0 Å². The molecule has 146 valence electrons. The zero-order valence-corrected chi connectivity index (χ0v) is 16.1. The topological polar surface area (TPSA) is 86.2 Å². The minimum absolute atomic E-state index is 0.783. The molecule has 0 aromatic heterocycles. The Hall–Kier alpha value is -0.240. The molecule has 0 aliphatic heterocycles. The Labute approximate surface area is 150 Å². The molecule has 0 saturated carbocycles. The van der Waals surface area contributed by atoms with Crippen LogP contribution in [0.15, 0.2) is 0 Å². The van der Waals surface area contributed by atoms with Gasteiger partial charge in [0.2, 0.25) is 0 Å². The first kappa shape index (κ1) is 23.8. The summed E-state index contributed by atoms with van der Waals surface area (Å²) in [6.07, 6.45) is 7.13. The smallest absolute Gasteiger partial charge is 0.00368 e. The molecule has 0 bridgehead atoms. The van der Waals surface area contributed by atoms with E-state index in [1.807, 2.05) is 0 Å². The Kier molecular flexibility index (Phi) is 22.5. The number of hydrogen-bond acceptors (Lipinski definition) is 6. The molecule has 0 rings (SSSR count). The molecule has 6 heteroatoms. The van der Waals surface area contributed by atoms with Crippen molar-refractivity contribution < 1.29 is 0 Å². The highest BCUT2D eigenvalue weighted by molar-refractivity contribution is 4.56. The summed E-state index contributed by atoms with van der Waals surface area (Å²) >= 11 is 0. The highest BCUT2D eigenvalue weighted by Crippen LogP contribution is 1.80. The summed E-state index contributed by atoms with van der Waals surface area (Å²) in [6.45, 7) is 14.1. The van der Waals surface area contributed by atoms with Gasteiger partial charge < -0.3 is 32.3 Å². The lowest BCUT2D eigenvalue weighted by molar-refractivity contribution is 0.543. The van der Waals surface area contributed by atoms with Crippen molar-refractivity contribution in [1.82, 2.24) is 26.6 Å². The van der Waals surface area contributed by atoms with Gasteiger partial charge >= 0.3 is 0 Å². The van der Waals surface area contributed by atoms with E-state index in [0.29, 0.717) is 0 Å². The van der Waals surface area contributed by atoms with Gasteiger partial charge in [0.15, 0.2) is 0 Å². The molecule has 0 atom stereocenters. The van der Waals surface area contributed by atoms with E-state index in [9.17, 15) is 0 Å². The zero-order valence-electron chi connectivity index (χ0n) is 16.1. The summed E-state index contributed by atoms with van der Waals surface area (Å²) in [5, 5.41) is 17.3. The maximum Gasteiger partial charge on any atom is -0.00368 e. The van der Waals surface area contributed by atoms with E-state index in [1.54, 1.807) is 0 Å². The van der Waals surface area contributed by atoms with E-state index in [2.05, 4.69) is 33.5 Å². The van der Waals surface area contributed by atoms with Crippen LogP contribution in [0.25, 0.3) is 0 Å². The van der Waals surface area contributed by atoms with Crippen LogP contribution in [0.4, 0.5) is 0 Å². The summed E-state index contributed by atoms with van der Waals surface area (Å²) in [4.78, 5) is 0. The summed E-state index contributed by atoms with van der Waals surface area (Å²) in [5.41, 5.74) is 5.45. The van der Waals surface area contributed by atoms with Gasteiger partial charge in [-0.2, -0.15) is 0 Å². The highest BCUT2D eigenvalue weighted by atomic mass is 14.9. The summed E-state index contributed by atoms with van der Waals surface area (Å²) in [7, 11) is 0. The van der Waals surface area contributed by atoms with Crippen LogP contribution < -0.4 is 32.3 Å². The minimum Gasteiger partial charge on any atom is -0.330 e. The van der Waals surface area contributed by atoms with Crippen molar-refractivity contribution in [3.05, 3.63) is 0 Å². The molecule has 0 aliphatic rings. The Morgan fingerprint density at radius 3 is 1.04 bits per heavy atom. The highest BCUT2D eigenvalue weighted by Gasteiger charge is 1.92. The molecule has 0 fully saturated rings. The second-order valence-corrected chi connectivity index (χ2v) is 6.31. The molecule has 0 aromatic carbocycles. The van der Waals surface area contributed by atoms with Gasteiger partial charge in [-0.15, -0.1) is 0 Å². The van der Waals surface area contributed by atoms with Crippen LogP contribution in [-0.4, -0.2) is 72.0 Å². The van der Waals surface area contributed by atoms with E-state index in [4.69, 9.17) is 5.73 Å². The second kappa shape index (κ2) is 22.8. The van der Waals surface area contributed by atoms with Crippen LogP contribution in [-0.2, 0) is 0 Å².